The summed E-state index contributed by atoms with van der Waals surface area (Å²) >= 11 is 0. The maximum Gasteiger partial charge on any atom is 0.320 e. The quantitative estimate of drug-likeness (QED) is 0.809. The summed E-state index contributed by atoms with van der Waals surface area (Å²) in [6.07, 6.45) is 1.50. The zero-order chi connectivity index (χ0) is 16.0. The van der Waals surface area contributed by atoms with E-state index < -0.39 is 12.0 Å². The molecule has 0 aliphatic carbocycles. The van der Waals surface area contributed by atoms with Crippen molar-refractivity contribution in [1.82, 2.24) is 5.32 Å². The molecule has 1 atom stereocenters. The predicted octanol–water partition coefficient (Wildman–Crippen LogP) is 3.37. The molecule has 0 saturated heterocycles. The van der Waals surface area contributed by atoms with Crippen molar-refractivity contribution in [3.63, 3.8) is 0 Å². The van der Waals surface area contributed by atoms with E-state index in [1.807, 2.05) is 25.1 Å². The minimum atomic E-state index is -0.793. The van der Waals surface area contributed by atoms with E-state index in [1.54, 1.807) is 7.11 Å². The van der Waals surface area contributed by atoms with Crippen molar-refractivity contribution in [2.24, 2.45) is 5.41 Å². The topological polar surface area (TPSA) is 58.6 Å². The van der Waals surface area contributed by atoms with Crippen LogP contribution >= 0.6 is 0 Å². The predicted molar refractivity (Wildman–Crippen MR) is 84.7 cm³/mol. The van der Waals surface area contributed by atoms with E-state index in [1.165, 1.54) is 0 Å². The Labute approximate surface area is 127 Å². The Hall–Kier alpha value is -1.55. The van der Waals surface area contributed by atoms with Gasteiger partial charge in [0, 0.05) is 6.54 Å². The number of ether oxygens (including phenoxy) is 1. The first-order valence-electron chi connectivity index (χ1n) is 7.32. The zero-order valence-corrected chi connectivity index (χ0v) is 13.7. The molecule has 0 radical (unpaired) electrons. The van der Waals surface area contributed by atoms with Gasteiger partial charge in [-0.1, -0.05) is 26.8 Å². The van der Waals surface area contributed by atoms with Crippen LogP contribution in [0.3, 0.4) is 0 Å². The van der Waals surface area contributed by atoms with E-state index >= 15 is 0 Å². The van der Waals surface area contributed by atoms with Crippen LogP contribution in [0.25, 0.3) is 0 Å². The summed E-state index contributed by atoms with van der Waals surface area (Å²) in [7, 11) is 1.63. The number of benzene rings is 1. The van der Waals surface area contributed by atoms with Crippen molar-refractivity contribution in [2.45, 2.75) is 53.1 Å². The van der Waals surface area contributed by atoms with Crippen LogP contribution in [0.1, 0.15) is 44.7 Å². The van der Waals surface area contributed by atoms with Crippen molar-refractivity contribution in [3.05, 3.63) is 29.3 Å². The maximum atomic E-state index is 11.3. The molecule has 1 unspecified atom stereocenters. The van der Waals surface area contributed by atoms with Crippen LogP contribution in [0.15, 0.2) is 18.2 Å². The molecule has 1 aromatic carbocycles. The Kier molecular flexibility index (Phi) is 6.21. The molecule has 21 heavy (non-hydrogen) atoms. The van der Waals surface area contributed by atoms with Gasteiger partial charge in [0.1, 0.15) is 11.8 Å². The minimum Gasteiger partial charge on any atom is -0.497 e. The molecule has 0 bridgehead atoms. The van der Waals surface area contributed by atoms with E-state index in [4.69, 9.17) is 4.74 Å². The highest BCUT2D eigenvalue weighted by Gasteiger charge is 2.20. The number of nitrogens with one attached hydrogen (secondary N) is 1. The zero-order valence-electron chi connectivity index (χ0n) is 13.7. The number of hydrogen-bond acceptors (Lipinski definition) is 3. The number of aryl methyl sites for hydroxylation is 1. The lowest BCUT2D eigenvalue weighted by molar-refractivity contribution is -0.139. The number of carbonyl (C=O) groups is 1. The smallest absolute Gasteiger partial charge is 0.320 e. The second kappa shape index (κ2) is 7.46. The Morgan fingerprint density at radius 1 is 1.33 bits per heavy atom. The average Bonchev–Trinajstić information content (AvgIpc) is 2.36. The molecule has 0 aromatic heterocycles. The Balaban J connectivity index is 2.65. The van der Waals surface area contributed by atoms with Crippen LogP contribution in [-0.2, 0) is 11.3 Å². The molecule has 0 heterocycles. The van der Waals surface area contributed by atoms with Crippen LogP contribution in [0.4, 0.5) is 0 Å². The fraction of sp³-hybridized carbons (Fsp3) is 0.588. The Morgan fingerprint density at radius 2 is 2.00 bits per heavy atom. The second-order valence-electron chi connectivity index (χ2n) is 6.73. The first kappa shape index (κ1) is 17.5. The normalized spacial score (nSPS) is 13.0. The Bertz CT molecular complexity index is 477. The van der Waals surface area contributed by atoms with Gasteiger partial charge in [0.15, 0.2) is 0 Å². The number of hydrogen-bond donors (Lipinski definition) is 2. The fourth-order valence-electron chi connectivity index (χ4n) is 2.18. The SMILES string of the molecule is COc1cc(C)cc(CNC(CCC(C)(C)C)C(=O)O)c1. The third kappa shape index (κ3) is 6.63. The first-order valence-corrected chi connectivity index (χ1v) is 7.32. The number of rotatable bonds is 7. The van der Waals surface area contributed by atoms with Gasteiger partial charge in [0.25, 0.3) is 0 Å². The van der Waals surface area contributed by atoms with E-state index in [9.17, 15) is 9.90 Å². The lowest BCUT2D eigenvalue weighted by Crippen LogP contribution is -2.37. The van der Waals surface area contributed by atoms with E-state index in [2.05, 4.69) is 26.1 Å². The summed E-state index contributed by atoms with van der Waals surface area (Å²) in [5.41, 5.74) is 2.28. The Morgan fingerprint density at radius 3 is 2.52 bits per heavy atom. The number of aliphatic carboxylic acids is 1. The summed E-state index contributed by atoms with van der Waals surface area (Å²) in [5.74, 6) is 0.00670. The molecule has 1 aromatic rings. The van der Waals surface area contributed by atoms with Gasteiger partial charge in [-0.3, -0.25) is 4.79 Å². The standard InChI is InChI=1S/C17H27NO3/c1-12-8-13(10-14(9-12)21-5)11-18-15(16(19)20)6-7-17(2,3)4/h8-10,15,18H,6-7,11H2,1-5H3,(H,19,20). The lowest BCUT2D eigenvalue weighted by atomic mass is 9.88. The van der Waals surface area contributed by atoms with Crippen molar-refractivity contribution >= 4 is 5.97 Å². The van der Waals surface area contributed by atoms with E-state index in [0.717, 1.165) is 23.3 Å². The van der Waals surface area contributed by atoms with E-state index in [-0.39, 0.29) is 5.41 Å². The largest absolute Gasteiger partial charge is 0.497 e. The molecule has 4 nitrogen and oxygen atoms in total. The number of carboxylic acid groups (broad SMARTS) is 1. The van der Waals surface area contributed by atoms with Crippen molar-refractivity contribution in [2.75, 3.05) is 7.11 Å². The van der Waals surface area contributed by atoms with Gasteiger partial charge in [0.2, 0.25) is 0 Å². The van der Waals surface area contributed by atoms with Gasteiger partial charge in [-0.2, -0.15) is 0 Å². The maximum absolute atomic E-state index is 11.3. The van der Waals surface area contributed by atoms with Gasteiger partial charge in [-0.15, -0.1) is 0 Å². The summed E-state index contributed by atoms with van der Waals surface area (Å²) in [6.45, 7) is 8.89. The molecular formula is C17H27NO3. The van der Waals surface area contributed by atoms with Crippen LogP contribution < -0.4 is 10.1 Å². The van der Waals surface area contributed by atoms with Crippen molar-refractivity contribution < 1.29 is 14.6 Å². The molecular weight excluding hydrogens is 266 g/mol. The van der Waals surface area contributed by atoms with Gasteiger partial charge < -0.3 is 15.2 Å². The summed E-state index contributed by atoms with van der Waals surface area (Å²) in [5, 5.41) is 12.4. The summed E-state index contributed by atoms with van der Waals surface area (Å²) < 4.78 is 5.24. The third-order valence-corrected chi connectivity index (χ3v) is 3.38. The first-order chi connectivity index (χ1) is 9.71. The summed E-state index contributed by atoms with van der Waals surface area (Å²) in [4.78, 5) is 11.3. The van der Waals surface area contributed by atoms with Gasteiger partial charge in [-0.25, -0.2) is 0 Å². The lowest BCUT2D eigenvalue weighted by Gasteiger charge is -2.21. The minimum absolute atomic E-state index is 0.141. The average molecular weight is 293 g/mol. The molecule has 0 saturated carbocycles. The van der Waals surface area contributed by atoms with Crippen LogP contribution in [-0.4, -0.2) is 24.2 Å². The van der Waals surface area contributed by atoms with Crippen molar-refractivity contribution in [1.29, 1.82) is 0 Å². The van der Waals surface area contributed by atoms with Crippen molar-refractivity contribution in [3.8, 4) is 5.75 Å². The van der Waals surface area contributed by atoms with Gasteiger partial charge >= 0.3 is 5.97 Å². The second-order valence-corrected chi connectivity index (χ2v) is 6.73. The number of methoxy groups -OCH3 is 1. The fourth-order valence-corrected chi connectivity index (χ4v) is 2.18. The molecule has 0 fully saturated rings. The molecule has 4 heteroatoms. The van der Waals surface area contributed by atoms with Crippen LogP contribution in [0.2, 0.25) is 0 Å². The highest BCUT2D eigenvalue weighted by Crippen LogP contribution is 2.22. The van der Waals surface area contributed by atoms with E-state index in [0.29, 0.717) is 13.0 Å². The number of carboxylic acids is 1. The van der Waals surface area contributed by atoms with Crippen LogP contribution in [0.5, 0.6) is 5.75 Å². The molecule has 118 valence electrons. The van der Waals surface area contributed by atoms with Crippen LogP contribution in [0, 0.1) is 12.3 Å². The highest BCUT2D eigenvalue weighted by molar-refractivity contribution is 5.73. The molecule has 0 spiro atoms. The molecule has 0 amide bonds. The summed E-state index contributed by atoms with van der Waals surface area (Å²) in [6, 6.07) is 5.41. The monoisotopic (exact) mass is 293 g/mol. The van der Waals surface area contributed by atoms with Gasteiger partial charge in [-0.05, 0) is 48.4 Å². The molecule has 0 aliphatic heterocycles. The molecule has 2 N–H and O–H groups in total. The third-order valence-electron chi connectivity index (χ3n) is 3.38. The molecule has 1 rings (SSSR count). The van der Waals surface area contributed by atoms with Gasteiger partial charge in [0.05, 0.1) is 7.11 Å². The highest BCUT2D eigenvalue weighted by atomic mass is 16.5. The molecule has 0 aliphatic rings.